The second-order valence-corrected chi connectivity index (χ2v) is 11.7. The van der Waals surface area contributed by atoms with E-state index in [4.69, 9.17) is 0 Å². The van der Waals surface area contributed by atoms with E-state index >= 15 is 0 Å². The van der Waals surface area contributed by atoms with Crippen LogP contribution < -0.4 is 9.62 Å². The molecule has 8 nitrogen and oxygen atoms in total. The van der Waals surface area contributed by atoms with E-state index in [9.17, 15) is 18.3 Å². The molecule has 3 rings (SSSR count). The summed E-state index contributed by atoms with van der Waals surface area (Å²) in [5.74, 6) is -0.337. The minimum atomic E-state index is -4.06. The lowest BCUT2D eigenvalue weighted by Gasteiger charge is -2.35. The lowest BCUT2D eigenvalue weighted by Crippen LogP contribution is -2.47. The van der Waals surface area contributed by atoms with Crippen LogP contribution in [-0.2, 0) is 26.1 Å². The molecule has 9 heteroatoms. The van der Waals surface area contributed by atoms with Crippen molar-refractivity contribution in [2.45, 2.75) is 44.1 Å². The Kier molecular flexibility index (Phi) is 8.38. The molecule has 1 aliphatic rings. The lowest BCUT2D eigenvalue weighted by molar-refractivity contribution is -0.130. The summed E-state index contributed by atoms with van der Waals surface area (Å²) in [6, 6.07) is 12.8. The molecule has 0 spiro atoms. The Labute approximate surface area is 214 Å². The van der Waals surface area contributed by atoms with Gasteiger partial charge in [-0.15, -0.1) is 0 Å². The maximum Gasteiger partial charge on any atom is 0.237 e. The predicted molar refractivity (Wildman–Crippen MR) is 143 cm³/mol. The quantitative estimate of drug-likeness (QED) is 0.507. The fraction of sp³-hybridized carbons (Fsp3) is 0.407. The van der Waals surface area contributed by atoms with Gasteiger partial charge in [0.1, 0.15) is 4.75 Å². The number of sulfonamides is 1. The van der Waals surface area contributed by atoms with Gasteiger partial charge in [0.25, 0.3) is 0 Å². The molecule has 194 valence electrons. The van der Waals surface area contributed by atoms with Crippen molar-refractivity contribution in [1.82, 2.24) is 14.6 Å². The SMILES string of the molecule is CCN(Cc1ccccn1)C(=O)CNS(=O)(=O)C1(c2cccc(N(C)C)c2)C=CC(C(C)(C)O)=CC1. The van der Waals surface area contributed by atoms with Gasteiger partial charge in [0, 0.05) is 32.5 Å². The number of hydrogen-bond acceptors (Lipinski definition) is 6. The summed E-state index contributed by atoms with van der Waals surface area (Å²) in [4.78, 5) is 20.7. The van der Waals surface area contributed by atoms with E-state index in [-0.39, 0.29) is 18.9 Å². The van der Waals surface area contributed by atoms with Gasteiger partial charge in [-0.05, 0) is 62.6 Å². The Morgan fingerprint density at radius 1 is 1.19 bits per heavy atom. The fourth-order valence-electron chi connectivity index (χ4n) is 4.15. The maximum atomic E-state index is 13.9. The smallest absolute Gasteiger partial charge is 0.237 e. The summed E-state index contributed by atoms with van der Waals surface area (Å²) in [5, 5.41) is 10.4. The van der Waals surface area contributed by atoms with Crippen molar-refractivity contribution in [2.24, 2.45) is 0 Å². The van der Waals surface area contributed by atoms with Crippen molar-refractivity contribution in [3.8, 4) is 0 Å². The van der Waals surface area contributed by atoms with Crippen molar-refractivity contribution < 1.29 is 18.3 Å². The molecule has 1 atom stereocenters. The third-order valence-corrected chi connectivity index (χ3v) is 8.44. The summed E-state index contributed by atoms with van der Waals surface area (Å²) >= 11 is 0. The van der Waals surface area contributed by atoms with Crippen LogP contribution in [0.1, 0.15) is 38.4 Å². The molecule has 1 heterocycles. The first-order valence-electron chi connectivity index (χ1n) is 12.0. The summed E-state index contributed by atoms with van der Waals surface area (Å²) in [6.07, 6.45) is 6.81. The highest BCUT2D eigenvalue weighted by molar-refractivity contribution is 7.90. The molecular weight excluding hydrogens is 476 g/mol. The number of rotatable bonds is 10. The van der Waals surface area contributed by atoms with Crippen molar-refractivity contribution in [1.29, 1.82) is 0 Å². The number of hydrogen-bond donors (Lipinski definition) is 2. The highest BCUT2D eigenvalue weighted by atomic mass is 32.2. The average molecular weight is 513 g/mol. The van der Waals surface area contributed by atoms with E-state index in [1.54, 1.807) is 55.3 Å². The molecule has 1 amide bonds. The molecule has 0 fully saturated rings. The molecule has 0 saturated heterocycles. The second kappa shape index (κ2) is 10.9. The van der Waals surface area contributed by atoms with Gasteiger partial charge in [0.05, 0.1) is 24.4 Å². The van der Waals surface area contributed by atoms with Crippen molar-refractivity contribution in [3.63, 3.8) is 0 Å². The fourth-order valence-corrected chi connectivity index (χ4v) is 5.71. The normalized spacial score (nSPS) is 18.0. The summed E-state index contributed by atoms with van der Waals surface area (Å²) in [5.41, 5.74) is 1.70. The van der Waals surface area contributed by atoms with Crippen molar-refractivity contribution >= 4 is 21.6 Å². The van der Waals surface area contributed by atoms with E-state index in [0.717, 1.165) is 11.4 Å². The first kappa shape index (κ1) is 27.6. The molecule has 36 heavy (non-hydrogen) atoms. The number of likely N-dealkylation sites (N-methyl/N-ethyl adjacent to an activating group) is 1. The van der Waals surface area contributed by atoms with Crippen LogP contribution in [0.5, 0.6) is 0 Å². The molecule has 0 saturated carbocycles. The van der Waals surface area contributed by atoms with E-state index in [1.165, 1.54) is 0 Å². The lowest BCUT2D eigenvalue weighted by atomic mass is 9.84. The Morgan fingerprint density at radius 2 is 1.94 bits per heavy atom. The molecule has 1 aromatic heterocycles. The summed E-state index contributed by atoms with van der Waals surface area (Å²) in [7, 11) is -0.284. The predicted octanol–water partition coefficient (Wildman–Crippen LogP) is 2.97. The highest BCUT2D eigenvalue weighted by Crippen LogP contribution is 2.41. The Bertz CT molecular complexity index is 1230. The summed E-state index contributed by atoms with van der Waals surface area (Å²) in [6.45, 7) is 5.52. The molecular formula is C27H36N4O4S. The number of allylic oxidation sites excluding steroid dienone is 1. The standard InChI is InChI=1S/C27H36N4O4S/c1-6-31(20-23-11-7-8-17-28-23)25(32)19-29-36(34,35)27(15-13-21(14-16-27)26(2,3)33)22-10-9-12-24(18-22)30(4)5/h7-15,17-18,29,33H,6,16,19-20H2,1-5H3. The van der Waals surface area contributed by atoms with Gasteiger partial charge < -0.3 is 14.9 Å². The van der Waals surface area contributed by atoms with Gasteiger partial charge in [-0.3, -0.25) is 9.78 Å². The molecule has 0 radical (unpaired) electrons. The molecule has 1 aliphatic carbocycles. The van der Waals surface area contributed by atoms with Gasteiger partial charge >= 0.3 is 0 Å². The topological polar surface area (TPSA) is 103 Å². The number of benzene rings is 1. The molecule has 2 aromatic rings. The number of aromatic nitrogens is 1. The van der Waals surface area contributed by atoms with Gasteiger partial charge in [-0.25, -0.2) is 13.1 Å². The number of carbonyl (C=O) groups is 1. The highest BCUT2D eigenvalue weighted by Gasteiger charge is 2.45. The average Bonchev–Trinajstić information content (AvgIpc) is 2.86. The van der Waals surface area contributed by atoms with Gasteiger partial charge in [-0.1, -0.05) is 36.4 Å². The van der Waals surface area contributed by atoms with Gasteiger partial charge in [0.15, 0.2) is 0 Å². The van der Waals surface area contributed by atoms with Crippen molar-refractivity contribution in [3.05, 3.63) is 83.7 Å². The number of anilines is 1. The maximum absolute atomic E-state index is 13.9. The number of carbonyl (C=O) groups excluding carboxylic acids is 1. The molecule has 0 aliphatic heterocycles. The van der Waals surface area contributed by atoms with E-state index in [0.29, 0.717) is 24.2 Å². The van der Waals surface area contributed by atoms with Crippen LogP contribution >= 0.6 is 0 Å². The van der Waals surface area contributed by atoms with Crippen LogP contribution in [-0.4, -0.2) is 62.1 Å². The minimum absolute atomic E-state index is 0.120. The van der Waals surface area contributed by atoms with Crippen molar-refractivity contribution in [2.75, 3.05) is 32.1 Å². The van der Waals surface area contributed by atoms with Crippen LogP contribution in [0, 0.1) is 0 Å². The summed E-state index contributed by atoms with van der Waals surface area (Å²) < 4.78 is 28.9. The third kappa shape index (κ3) is 6.03. The number of nitrogens with one attached hydrogen (secondary N) is 1. The molecule has 2 N–H and O–H groups in total. The Hall–Kier alpha value is -3.01. The van der Waals surface area contributed by atoms with Crippen LogP contribution in [0.2, 0.25) is 0 Å². The van der Waals surface area contributed by atoms with Crippen LogP contribution in [0.25, 0.3) is 0 Å². The minimum Gasteiger partial charge on any atom is -0.386 e. The van der Waals surface area contributed by atoms with Gasteiger partial charge in [-0.2, -0.15) is 0 Å². The number of nitrogens with zero attached hydrogens (tertiary/aromatic N) is 3. The zero-order chi connectivity index (χ0) is 26.6. The molecule has 0 bridgehead atoms. The Morgan fingerprint density at radius 3 is 2.50 bits per heavy atom. The third-order valence-electron chi connectivity index (χ3n) is 6.42. The second-order valence-electron chi connectivity index (χ2n) is 9.64. The monoisotopic (exact) mass is 512 g/mol. The van der Waals surface area contributed by atoms with Crippen LogP contribution in [0.15, 0.2) is 72.5 Å². The van der Waals surface area contributed by atoms with E-state index < -0.39 is 20.4 Å². The molecule has 1 aromatic carbocycles. The first-order valence-corrected chi connectivity index (χ1v) is 13.4. The van der Waals surface area contributed by atoms with Crippen LogP contribution in [0.4, 0.5) is 5.69 Å². The van der Waals surface area contributed by atoms with Gasteiger partial charge in [0.2, 0.25) is 15.9 Å². The molecule has 1 unspecified atom stereocenters. The van der Waals surface area contributed by atoms with E-state index in [1.807, 2.05) is 56.3 Å². The Balaban J connectivity index is 1.90. The number of pyridine rings is 1. The number of amides is 1. The zero-order valence-corrected chi connectivity index (χ0v) is 22.4. The zero-order valence-electron chi connectivity index (χ0n) is 21.6. The number of aliphatic hydroxyl groups is 1. The first-order chi connectivity index (χ1) is 16.9. The largest absolute Gasteiger partial charge is 0.386 e. The van der Waals surface area contributed by atoms with E-state index in [2.05, 4.69) is 9.71 Å². The van der Waals surface area contributed by atoms with Crippen LogP contribution in [0.3, 0.4) is 0 Å².